The monoisotopic (exact) mass is 352 g/mol. The number of rotatable bonds is 7. The number of nitriles is 1. The molecule has 0 aliphatic rings. The molecule has 2 aromatic carbocycles. The van der Waals surface area contributed by atoms with Gasteiger partial charge in [-0.25, -0.2) is 0 Å². The second kappa shape index (κ2) is 8.91. The number of ether oxygens (including phenoxy) is 2. The largest absolute Gasteiger partial charge is 0.493 e. The van der Waals surface area contributed by atoms with Crippen molar-refractivity contribution in [3.63, 3.8) is 0 Å². The minimum atomic E-state index is -0.0691. The van der Waals surface area contributed by atoms with Crippen LogP contribution in [0.2, 0.25) is 0 Å². The predicted molar refractivity (Wildman–Crippen MR) is 100 cm³/mol. The summed E-state index contributed by atoms with van der Waals surface area (Å²) in [5.74, 6) is 1.29. The number of hydrogen-bond acceptors (Lipinski definition) is 4. The summed E-state index contributed by atoms with van der Waals surface area (Å²) in [5.41, 5.74) is 2.49. The van der Waals surface area contributed by atoms with Crippen molar-refractivity contribution in [3.8, 4) is 17.6 Å². The highest BCUT2D eigenvalue weighted by molar-refractivity contribution is 5.79. The van der Waals surface area contributed by atoms with E-state index in [-0.39, 0.29) is 18.4 Å². The Kier molecular flexibility index (Phi) is 6.62. The second-order valence-corrected chi connectivity index (χ2v) is 5.96. The maximum atomic E-state index is 12.8. The first-order chi connectivity index (χ1) is 12.5. The average Bonchev–Trinajstić information content (AvgIpc) is 2.68. The van der Waals surface area contributed by atoms with Gasteiger partial charge >= 0.3 is 0 Å². The van der Waals surface area contributed by atoms with Gasteiger partial charge in [0.15, 0.2) is 11.5 Å². The highest BCUT2D eigenvalue weighted by Crippen LogP contribution is 2.28. The van der Waals surface area contributed by atoms with E-state index in [0.717, 1.165) is 11.1 Å². The van der Waals surface area contributed by atoms with Crippen LogP contribution in [0.1, 0.15) is 36.6 Å². The van der Waals surface area contributed by atoms with E-state index >= 15 is 0 Å². The fourth-order valence-corrected chi connectivity index (χ4v) is 2.95. The lowest BCUT2D eigenvalue weighted by Crippen LogP contribution is -2.34. The zero-order valence-electron chi connectivity index (χ0n) is 15.7. The summed E-state index contributed by atoms with van der Waals surface area (Å²) >= 11 is 0. The van der Waals surface area contributed by atoms with Crippen molar-refractivity contribution in [2.75, 3.05) is 20.8 Å². The quantitative estimate of drug-likeness (QED) is 0.762. The molecule has 1 atom stereocenters. The zero-order valence-corrected chi connectivity index (χ0v) is 15.7. The van der Waals surface area contributed by atoms with Gasteiger partial charge in [0.05, 0.1) is 38.3 Å². The molecule has 0 radical (unpaired) electrons. The summed E-state index contributed by atoms with van der Waals surface area (Å²) in [5, 5.41) is 8.92. The van der Waals surface area contributed by atoms with E-state index < -0.39 is 0 Å². The topological polar surface area (TPSA) is 62.6 Å². The Morgan fingerprint density at radius 2 is 1.77 bits per heavy atom. The third kappa shape index (κ3) is 4.34. The summed E-state index contributed by atoms with van der Waals surface area (Å²) < 4.78 is 10.5. The summed E-state index contributed by atoms with van der Waals surface area (Å²) in [6.07, 6.45) is 0.287. The third-order valence-corrected chi connectivity index (χ3v) is 4.45. The Hall–Kier alpha value is -3.00. The molecule has 0 N–H and O–H groups in total. The average molecular weight is 352 g/mol. The first-order valence-corrected chi connectivity index (χ1v) is 8.54. The number of likely N-dealkylation sites (N-methyl/N-ethyl adjacent to an activating group) is 1. The molecule has 0 fully saturated rings. The first-order valence-electron chi connectivity index (χ1n) is 8.54. The van der Waals surface area contributed by atoms with Crippen LogP contribution in [0, 0.1) is 11.3 Å². The van der Waals surface area contributed by atoms with Crippen LogP contribution in [0.3, 0.4) is 0 Å². The number of nitrogens with zero attached hydrogens (tertiary/aromatic N) is 2. The lowest BCUT2D eigenvalue weighted by molar-refractivity contribution is -0.132. The fraction of sp³-hybridized carbons (Fsp3) is 0.333. The summed E-state index contributed by atoms with van der Waals surface area (Å²) in [7, 11) is 3.16. The van der Waals surface area contributed by atoms with Crippen molar-refractivity contribution in [1.82, 2.24) is 4.90 Å². The van der Waals surface area contributed by atoms with Crippen LogP contribution in [0.25, 0.3) is 0 Å². The summed E-state index contributed by atoms with van der Waals surface area (Å²) in [6, 6.07) is 14.9. The molecule has 0 spiro atoms. The van der Waals surface area contributed by atoms with E-state index in [4.69, 9.17) is 14.7 Å². The van der Waals surface area contributed by atoms with E-state index in [0.29, 0.717) is 23.6 Å². The summed E-state index contributed by atoms with van der Waals surface area (Å²) in [4.78, 5) is 14.7. The van der Waals surface area contributed by atoms with Crippen LogP contribution in [-0.4, -0.2) is 31.6 Å². The van der Waals surface area contributed by atoms with Crippen LogP contribution in [0.4, 0.5) is 0 Å². The maximum absolute atomic E-state index is 12.8. The Morgan fingerprint density at radius 3 is 2.31 bits per heavy atom. The molecule has 26 heavy (non-hydrogen) atoms. The van der Waals surface area contributed by atoms with Gasteiger partial charge in [0, 0.05) is 6.54 Å². The van der Waals surface area contributed by atoms with Crippen LogP contribution >= 0.6 is 0 Å². The summed E-state index contributed by atoms with van der Waals surface area (Å²) in [6.45, 7) is 4.57. The molecule has 0 bridgehead atoms. The van der Waals surface area contributed by atoms with Gasteiger partial charge in [-0.1, -0.05) is 18.2 Å². The second-order valence-electron chi connectivity index (χ2n) is 5.96. The van der Waals surface area contributed by atoms with Gasteiger partial charge in [-0.05, 0) is 49.2 Å². The van der Waals surface area contributed by atoms with E-state index in [9.17, 15) is 4.79 Å². The lowest BCUT2D eigenvalue weighted by atomic mass is 10.0. The first kappa shape index (κ1) is 19.3. The van der Waals surface area contributed by atoms with Crippen molar-refractivity contribution in [3.05, 3.63) is 59.2 Å². The van der Waals surface area contributed by atoms with Gasteiger partial charge in [0.1, 0.15) is 0 Å². The molecule has 0 saturated heterocycles. The number of carbonyl (C=O) groups is 1. The molecule has 0 heterocycles. The minimum Gasteiger partial charge on any atom is -0.493 e. The fourth-order valence-electron chi connectivity index (χ4n) is 2.95. The van der Waals surface area contributed by atoms with Crippen LogP contribution in [0.15, 0.2) is 42.5 Å². The SMILES string of the molecule is CCN(C(=O)Cc1ccc(OC)c(OC)c1)C(C)c1ccc(C#N)cc1. The Balaban J connectivity index is 2.16. The van der Waals surface area contributed by atoms with E-state index in [1.54, 1.807) is 26.4 Å². The van der Waals surface area contributed by atoms with Gasteiger partial charge < -0.3 is 14.4 Å². The molecule has 5 nitrogen and oxygen atoms in total. The molecule has 2 rings (SSSR count). The molecular weight excluding hydrogens is 328 g/mol. The number of benzene rings is 2. The van der Waals surface area contributed by atoms with Gasteiger partial charge in [-0.2, -0.15) is 5.26 Å². The molecule has 0 saturated carbocycles. The standard InChI is InChI=1S/C21H24N2O3/c1-5-23(15(2)18-9-6-16(14-22)7-10-18)21(24)13-17-8-11-19(25-3)20(12-17)26-4/h6-12,15H,5,13H2,1-4H3. The molecule has 1 amide bonds. The predicted octanol–water partition coefficient (Wildman–Crippen LogP) is 3.73. The number of hydrogen-bond donors (Lipinski definition) is 0. The Labute approximate surface area is 154 Å². The normalized spacial score (nSPS) is 11.3. The van der Waals surface area contributed by atoms with Crippen molar-refractivity contribution in [2.45, 2.75) is 26.3 Å². The molecule has 0 aliphatic carbocycles. The highest BCUT2D eigenvalue weighted by Gasteiger charge is 2.20. The number of amides is 1. The molecular formula is C21H24N2O3. The van der Waals surface area contributed by atoms with Crippen molar-refractivity contribution in [2.24, 2.45) is 0 Å². The van der Waals surface area contributed by atoms with Crippen LogP contribution < -0.4 is 9.47 Å². The molecule has 136 valence electrons. The van der Waals surface area contributed by atoms with Crippen LogP contribution in [0.5, 0.6) is 11.5 Å². The van der Waals surface area contributed by atoms with E-state index in [1.807, 2.05) is 49.1 Å². The Bertz CT molecular complexity index is 794. The minimum absolute atomic E-state index is 0.0385. The molecule has 0 aliphatic heterocycles. The van der Waals surface area contributed by atoms with Crippen LogP contribution in [-0.2, 0) is 11.2 Å². The van der Waals surface area contributed by atoms with Gasteiger partial charge in [0.2, 0.25) is 5.91 Å². The van der Waals surface area contributed by atoms with E-state index in [2.05, 4.69) is 6.07 Å². The third-order valence-electron chi connectivity index (χ3n) is 4.45. The highest BCUT2D eigenvalue weighted by atomic mass is 16.5. The lowest BCUT2D eigenvalue weighted by Gasteiger charge is -2.28. The zero-order chi connectivity index (χ0) is 19.1. The number of methoxy groups -OCH3 is 2. The van der Waals surface area contributed by atoms with Gasteiger partial charge in [-0.15, -0.1) is 0 Å². The molecule has 1 unspecified atom stereocenters. The molecule has 5 heteroatoms. The molecule has 0 aromatic heterocycles. The number of carbonyl (C=O) groups excluding carboxylic acids is 1. The molecule has 2 aromatic rings. The van der Waals surface area contributed by atoms with Gasteiger partial charge in [0.25, 0.3) is 0 Å². The van der Waals surface area contributed by atoms with E-state index in [1.165, 1.54) is 0 Å². The Morgan fingerprint density at radius 1 is 1.12 bits per heavy atom. The maximum Gasteiger partial charge on any atom is 0.227 e. The smallest absolute Gasteiger partial charge is 0.227 e. The van der Waals surface area contributed by atoms with Crippen molar-refractivity contribution < 1.29 is 14.3 Å². The van der Waals surface area contributed by atoms with Gasteiger partial charge in [-0.3, -0.25) is 4.79 Å². The van der Waals surface area contributed by atoms with Crippen molar-refractivity contribution in [1.29, 1.82) is 5.26 Å². The van der Waals surface area contributed by atoms with Crippen molar-refractivity contribution >= 4 is 5.91 Å².